The Hall–Kier alpha value is -0.290. The first-order valence-corrected chi connectivity index (χ1v) is 4.24. The number of rotatable bonds is 5. The number of hydrogen-bond acceptors (Lipinski definition) is 2. The molecule has 0 aliphatic carbocycles. The summed E-state index contributed by atoms with van der Waals surface area (Å²) in [6.07, 6.45) is -3.43. The highest BCUT2D eigenvalue weighted by molar-refractivity contribution is 4.59. The molecule has 80 valence electrons. The van der Waals surface area contributed by atoms with E-state index in [0.717, 1.165) is 0 Å². The van der Waals surface area contributed by atoms with Crippen molar-refractivity contribution in [3.63, 3.8) is 0 Å². The highest BCUT2D eigenvalue weighted by atomic mass is 19.4. The van der Waals surface area contributed by atoms with Gasteiger partial charge in [-0.25, -0.2) is 0 Å². The van der Waals surface area contributed by atoms with Crippen LogP contribution in [0.15, 0.2) is 0 Å². The molecule has 0 radical (unpaired) electrons. The summed E-state index contributed by atoms with van der Waals surface area (Å²) in [4.78, 5) is 1.21. The van der Waals surface area contributed by atoms with Crippen LogP contribution in [0.25, 0.3) is 0 Å². The Bertz CT molecular complexity index is 136. The number of aliphatic hydroxyl groups is 1. The molecule has 1 atom stereocenters. The molecular weight excluding hydrogens is 183 g/mol. The fourth-order valence-electron chi connectivity index (χ4n) is 1.04. The van der Waals surface area contributed by atoms with Crippen molar-refractivity contribution < 1.29 is 18.3 Å². The number of hydrogen-bond donors (Lipinski definition) is 1. The summed E-state index contributed by atoms with van der Waals surface area (Å²) < 4.78 is 35.4. The Balaban J connectivity index is 3.46. The monoisotopic (exact) mass is 199 g/mol. The summed E-state index contributed by atoms with van der Waals surface area (Å²) in [6, 6.07) is 0. The molecule has 0 heterocycles. The second-order valence-electron chi connectivity index (χ2n) is 3.34. The van der Waals surface area contributed by atoms with E-state index < -0.39 is 18.8 Å². The van der Waals surface area contributed by atoms with E-state index in [1.807, 2.05) is 0 Å². The molecule has 0 aromatic rings. The Kier molecular flexibility index (Phi) is 5.32. The van der Waals surface area contributed by atoms with Gasteiger partial charge in [0.2, 0.25) is 0 Å². The summed E-state index contributed by atoms with van der Waals surface area (Å²) in [5, 5.41) is 8.86. The third-order valence-electron chi connectivity index (χ3n) is 1.61. The van der Waals surface area contributed by atoms with Crippen LogP contribution in [0.3, 0.4) is 0 Å². The first-order chi connectivity index (χ1) is 5.81. The lowest BCUT2D eigenvalue weighted by Crippen LogP contribution is -2.31. The van der Waals surface area contributed by atoms with Gasteiger partial charge in [0.05, 0.1) is 12.6 Å². The zero-order valence-corrected chi connectivity index (χ0v) is 7.93. The van der Waals surface area contributed by atoms with Gasteiger partial charge in [-0.1, -0.05) is 0 Å². The number of nitrogens with zero attached hydrogens (tertiary/aromatic N) is 1. The summed E-state index contributed by atoms with van der Waals surface area (Å²) in [5.41, 5.74) is 0. The van der Waals surface area contributed by atoms with Crippen molar-refractivity contribution in [3.8, 4) is 0 Å². The zero-order chi connectivity index (χ0) is 10.5. The van der Waals surface area contributed by atoms with Gasteiger partial charge in [0.25, 0.3) is 0 Å². The van der Waals surface area contributed by atoms with Gasteiger partial charge in [-0.05, 0) is 33.4 Å². The molecular formula is C8H16F3NO. The molecule has 0 aliphatic rings. The van der Waals surface area contributed by atoms with Crippen LogP contribution in [0.2, 0.25) is 0 Å². The fourth-order valence-corrected chi connectivity index (χ4v) is 1.04. The van der Waals surface area contributed by atoms with Crippen molar-refractivity contribution in [2.24, 2.45) is 0 Å². The summed E-state index contributed by atoms with van der Waals surface area (Å²) in [6.45, 7) is 1.11. The van der Waals surface area contributed by atoms with Gasteiger partial charge in [0.15, 0.2) is 0 Å². The summed E-state index contributed by atoms with van der Waals surface area (Å²) >= 11 is 0. The molecule has 0 saturated carbocycles. The van der Waals surface area contributed by atoms with Gasteiger partial charge in [-0.3, -0.25) is 4.90 Å². The maximum absolute atomic E-state index is 11.8. The van der Waals surface area contributed by atoms with Crippen molar-refractivity contribution in [1.29, 1.82) is 0 Å². The van der Waals surface area contributed by atoms with E-state index in [9.17, 15) is 13.2 Å². The molecule has 0 saturated heterocycles. The molecule has 0 amide bonds. The van der Waals surface area contributed by atoms with E-state index >= 15 is 0 Å². The Morgan fingerprint density at radius 1 is 1.38 bits per heavy atom. The quantitative estimate of drug-likeness (QED) is 0.727. The van der Waals surface area contributed by atoms with E-state index in [-0.39, 0.29) is 0 Å². The lowest BCUT2D eigenvalue weighted by molar-refractivity contribution is -0.143. The molecule has 1 N–H and O–H groups in total. The highest BCUT2D eigenvalue weighted by Crippen LogP contribution is 2.15. The third-order valence-corrected chi connectivity index (χ3v) is 1.61. The molecule has 0 aromatic heterocycles. The van der Waals surface area contributed by atoms with Gasteiger partial charge in [-0.2, -0.15) is 13.2 Å². The fraction of sp³-hybridized carbons (Fsp3) is 1.00. The van der Waals surface area contributed by atoms with Gasteiger partial charge in [-0.15, -0.1) is 0 Å². The first kappa shape index (κ1) is 12.7. The maximum Gasteiger partial charge on any atom is 0.401 e. The van der Waals surface area contributed by atoms with Gasteiger partial charge in [0, 0.05) is 0 Å². The largest absolute Gasteiger partial charge is 0.401 e. The molecule has 0 aromatic carbocycles. The Morgan fingerprint density at radius 3 is 2.31 bits per heavy atom. The van der Waals surface area contributed by atoms with Crippen molar-refractivity contribution in [1.82, 2.24) is 4.90 Å². The molecule has 0 spiro atoms. The van der Waals surface area contributed by atoms with E-state index in [4.69, 9.17) is 5.11 Å². The Morgan fingerprint density at radius 2 is 1.92 bits per heavy atom. The predicted molar refractivity (Wildman–Crippen MR) is 44.5 cm³/mol. The van der Waals surface area contributed by atoms with Crippen molar-refractivity contribution in [3.05, 3.63) is 0 Å². The third kappa shape index (κ3) is 9.63. The molecule has 0 rings (SSSR count). The predicted octanol–water partition coefficient (Wildman–Crippen LogP) is 1.64. The Labute approximate surface area is 76.3 Å². The molecule has 0 fully saturated rings. The molecule has 5 heteroatoms. The van der Waals surface area contributed by atoms with Crippen LogP contribution in [0.5, 0.6) is 0 Å². The van der Waals surface area contributed by atoms with E-state index in [2.05, 4.69) is 0 Å². The van der Waals surface area contributed by atoms with Crippen LogP contribution in [-0.4, -0.2) is 42.4 Å². The summed E-state index contributed by atoms with van der Waals surface area (Å²) in [7, 11) is 1.43. The molecule has 13 heavy (non-hydrogen) atoms. The second-order valence-corrected chi connectivity index (χ2v) is 3.34. The number of halogens is 3. The number of aliphatic hydroxyl groups excluding tert-OH is 1. The average molecular weight is 199 g/mol. The van der Waals surface area contributed by atoms with Crippen molar-refractivity contribution >= 4 is 0 Å². The van der Waals surface area contributed by atoms with Crippen LogP contribution in [-0.2, 0) is 0 Å². The lowest BCUT2D eigenvalue weighted by Gasteiger charge is -2.18. The average Bonchev–Trinajstić information content (AvgIpc) is 1.81. The normalized spacial score (nSPS) is 15.0. The van der Waals surface area contributed by atoms with E-state index in [0.29, 0.717) is 19.4 Å². The number of alkyl halides is 3. The minimum Gasteiger partial charge on any atom is -0.393 e. The standard InChI is InChI=1S/C8H16F3NO/c1-7(13)4-3-5-12(2)6-8(9,10)11/h7,13H,3-6H2,1-2H3. The SMILES string of the molecule is CC(O)CCCN(C)CC(F)(F)F. The van der Waals surface area contributed by atoms with Crippen molar-refractivity contribution in [2.45, 2.75) is 32.0 Å². The van der Waals surface area contributed by atoms with Gasteiger partial charge >= 0.3 is 6.18 Å². The van der Waals surface area contributed by atoms with Crippen molar-refractivity contribution in [2.75, 3.05) is 20.1 Å². The molecule has 1 unspecified atom stereocenters. The molecule has 2 nitrogen and oxygen atoms in total. The maximum atomic E-state index is 11.8. The zero-order valence-electron chi connectivity index (χ0n) is 7.93. The topological polar surface area (TPSA) is 23.5 Å². The van der Waals surface area contributed by atoms with Gasteiger partial charge < -0.3 is 5.11 Å². The van der Waals surface area contributed by atoms with Crippen LogP contribution in [0.4, 0.5) is 13.2 Å². The van der Waals surface area contributed by atoms with Crippen LogP contribution in [0.1, 0.15) is 19.8 Å². The van der Waals surface area contributed by atoms with Gasteiger partial charge in [0.1, 0.15) is 0 Å². The summed E-state index contributed by atoms with van der Waals surface area (Å²) in [5.74, 6) is 0. The minimum atomic E-state index is -4.13. The van der Waals surface area contributed by atoms with Crippen LogP contribution >= 0.6 is 0 Å². The lowest BCUT2D eigenvalue weighted by atomic mass is 10.2. The van der Waals surface area contributed by atoms with Crippen LogP contribution < -0.4 is 0 Å². The molecule has 0 bridgehead atoms. The highest BCUT2D eigenvalue weighted by Gasteiger charge is 2.28. The van der Waals surface area contributed by atoms with Crippen LogP contribution in [0, 0.1) is 0 Å². The molecule has 0 aliphatic heterocycles. The van der Waals surface area contributed by atoms with E-state index in [1.165, 1.54) is 11.9 Å². The smallest absolute Gasteiger partial charge is 0.393 e. The minimum absolute atomic E-state index is 0.365. The first-order valence-electron chi connectivity index (χ1n) is 4.24. The van der Waals surface area contributed by atoms with E-state index in [1.54, 1.807) is 6.92 Å². The second kappa shape index (κ2) is 5.44.